The zero-order chi connectivity index (χ0) is 17.1. The lowest BCUT2D eigenvalue weighted by atomic mass is 9.97. The van der Waals surface area contributed by atoms with Gasteiger partial charge in [0.1, 0.15) is 5.75 Å². The minimum atomic E-state index is -0.00217. The molecule has 2 N–H and O–H groups in total. The third-order valence-electron chi connectivity index (χ3n) is 4.21. The van der Waals surface area contributed by atoms with Gasteiger partial charge >= 0.3 is 6.01 Å². The number of piperidine rings is 1. The van der Waals surface area contributed by atoms with E-state index < -0.39 is 0 Å². The van der Waals surface area contributed by atoms with Crippen LogP contribution in [0.1, 0.15) is 35.8 Å². The molecule has 2 heterocycles. The first-order valence-electron chi connectivity index (χ1n) is 8.09. The van der Waals surface area contributed by atoms with E-state index >= 15 is 0 Å². The zero-order valence-corrected chi connectivity index (χ0v) is 14.0. The summed E-state index contributed by atoms with van der Waals surface area (Å²) in [5.41, 5.74) is 7.70. The van der Waals surface area contributed by atoms with E-state index in [0.29, 0.717) is 19.0 Å². The van der Waals surface area contributed by atoms with E-state index in [1.54, 1.807) is 0 Å². The largest absolute Gasteiger partial charge is 0.484 e. The molecular formula is C17H22N4O3. The Morgan fingerprint density at radius 3 is 2.50 bits per heavy atom. The predicted molar refractivity (Wildman–Crippen MR) is 88.7 cm³/mol. The Morgan fingerprint density at radius 1 is 1.25 bits per heavy atom. The highest BCUT2D eigenvalue weighted by Crippen LogP contribution is 2.27. The molecule has 1 amide bonds. The first kappa shape index (κ1) is 16.3. The summed E-state index contributed by atoms with van der Waals surface area (Å²) in [5, 5.41) is 7.62. The smallest absolute Gasteiger partial charge is 0.312 e. The van der Waals surface area contributed by atoms with Crippen molar-refractivity contribution in [3.05, 3.63) is 35.2 Å². The highest BCUT2D eigenvalue weighted by molar-refractivity contribution is 5.77. The molecule has 7 nitrogen and oxygen atoms in total. The Hall–Kier alpha value is -2.57. The number of anilines is 1. The first-order valence-corrected chi connectivity index (χ1v) is 8.09. The average molecular weight is 330 g/mol. The number of benzene rings is 1. The molecule has 0 radical (unpaired) electrons. The topological polar surface area (TPSA) is 94.5 Å². The predicted octanol–water partition coefficient (Wildman–Crippen LogP) is 2.05. The van der Waals surface area contributed by atoms with Crippen molar-refractivity contribution in [2.75, 3.05) is 25.4 Å². The van der Waals surface area contributed by atoms with Gasteiger partial charge in [0.05, 0.1) is 0 Å². The van der Waals surface area contributed by atoms with Crippen molar-refractivity contribution in [2.24, 2.45) is 0 Å². The van der Waals surface area contributed by atoms with E-state index in [1.165, 1.54) is 0 Å². The quantitative estimate of drug-likeness (QED) is 0.922. The Labute approximate surface area is 140 Å². The van der Waals surface area contributed by atoms with Crippen LogP contribution in [0.3, 0.4) is 0 Å². The number of nitrogen functional groups attached to an aromatic ring is 1. The van der Waals surface area contributed by atoms with E-state index in [2.05, 4.69) is 16.3 Å². The summed E-state index contributed by atoms with van der Waals surface area (Å²) < 4.78 is 10.9. The molecule has 1 saturated heterocycles. The van der Waals surface area contributed by atoms with E-state index in [0.717, 1.165) is 29.7 Å². The van der Waals surface area contributed by atoms with Gasteiger partial charge < -0.3 is 19.8 Å². The Bertz CT molecular complexity index is 700. The minimum Gasteiger partial charge on any atom is -0.484 e. The molecule has 0 saturated carbocycles. The maximum atomic E-state index is 12.3. The van der Waals surface area contributed by atoms with E-state index in [-0.39, 0.29) is 24.4 Å². The third-order valence-corrected chi connectivity index (χ3v) is 4.21. The van der Waals surface area contributed by atoms with Gasteiger partial charge in [-0.05, 0) is 49.9 Å². The summed E-state index contributed by atoms with van der Waals surface area (Å²) in [6.45, 7) is 5.39. The summed E-state index contributed by atoms with van der Waals surface area (Å²) >= 11 is 0. The summed E-state index contributed by atoms with van der Waals surface area (Å²) in [5.74, 6) is 1.46. The van der Waals surface area contributed by atoms with Crippen molar-refractivity contribution in [3.63, 3.8) is 0 Å². The molecule has 0 spiro atoms. The van der Waals surface area contributed by atoms with Gasteiger partial charge in [0.2, 0.25) is 5.89 Å². The number of amides is 1. The van der Waals surface area contributed by atoms with Crippen molar-refractivity contribution in [2.45, 2.75) is 32.6 Å². The molecule has 3 rings (SSSR count). The fourth-order valence-corrected chi connectivity index (χ4v) is 3.04. The van der Waals surface area contributed by atoms with Crippen LogP contribution in [-0.4, -0.2) is 40.7 Å². The van der Waals surface area contributed by atoms with Crippen LogP contribution < -0.4 is 10.5 Å². The maximum Gasteiger partial charge on any atom is 0.312 e. The van der Waals surface area contributed by atoms with Crippen LogP contribution in [0, 0.1) is 13.8 Å². The van der Waals surface area contributed by atoms with Gasteiger partial charge in [0.15, 0.2) is 6.61 Å². The molecule has 24 heavy (non-hydrogen) atoms. The summed E-state index contributed by atoms with van der Waals surface area (Å²) in [6, 6.07) is 6.04. The number of carbonyl (C=O) groups excluding carboxylic acids is 1. The van der Waals surface area contributed by atoms with Crippen molar-refractivity contribution in [1.82, 2.24) is 15.1 Å². The second-order valence-corrected chi connectivity index (χ2v) is 6.25. The van der Waals surface area contributed by atoms with Gasteiger partial charge in [-0.15, -0.1) is 5.10 Å². The Kier molecular flexibility index (Phi) is 4.69. The monoisotopic (exact) mass is 330 g/mol. The van der Waals surface area contributed by atoms with E-state index in [4.69, 9.17) is 14.9 Å². The molecular weight excluding hydrogens is 308 g/mol. The number of likely N-dealkylation sites (tertiary alicyclic amines) is 1. The lowest BCUT2D eigenvalue weighted by molar-refractivity contribution is -0.134. The van der Waals surface area contributed by atoms with Gasteiger partial charge in [-0.25, -0.2) is 0 Å². The molecule has 0 bridgehead atoms. The van der Waals surface area contributed by atoms with Crippen LogP contribution in [0.2, 0.25) is 0 Å². The molecule has 1 aromatic heterocycles. The fourth-order valence-electron chi connectivity index (χ4n) is 3.04. The third kappa shape index (κ3) is 3.84. The fraction of sp³-hybridized carbons (Fsp3) is 0.471. The van der Waals surface area contributed by atoms with Gasteiger partial charge in [-0.3, -0.25) is 4.79 Å². The van der Waals surface area contributed by atoms with Crippen molar-refractivity contribution in [3.8, 4) is 5.75 Å². The van der Waals surface area contributed by atoms with Crippen molar-refractivity contribution in [1.29, 1.82) is 0 Å². The number of aryl methyl sites for hydroxylation is 2. The normalized spacial score (nSPS) is 15.5. The molecule has 1 fully saturated rings. The molecule has 2 aromatic rings. The second kappa shape index (κ2) is 6.90. The van der Waals surface area contributed by atoms with Crippen LogP contribution in [-0.2, 0) is 4.79 Å². The van der Waals surface area contributed by atoms with Crippen LogP contribution in [0.25, 0.3) is 0 Å². The highest BCUT2D eigenvalue weighted by atomic mass is 16.5. The van der Waals surface area contributed by atoms with Crippen molar-refractivity contribution >= 4 is 11.9 Å². The number of hydrogen-bond donors (Lipinski definition) is 1. The van der Waals surface area contributed by atoms with Gasteiger partial charge in [-0.1, -0.05) is 11.2 Å². The molecule has 1 aliphatic rings. The van der Waals surface area contributed by atoms with Crippen LogP contribution >= 0.6 is 0 Å². The van der Waals surface area contributed by atoms with Crippen LogP contribution in [0.4, 0.5) is 6.01 Å². The summed E-state index contributed by atoms with van der Waals surface area (Å²) in [7, 11) is 0. The molecule has 1 aliphatic heterocycles. The number of ether oxygens (including phenoxy) is 1. The van der Waals surface area contributed by atoms with Crippen LogP contribution in [0.15, 0.2) is 22.6 Å². The number of rotatable bonds is 4. The maximum absolute atomic E-state index is 12.3. The lowest BCUT2D eigenvalue weighted by Crippen LogP contribution is -2.40. The number of hydrogen-bond acceptors (Lipinski definition) is 6. The second-order valence-electron chi connectivity index (χ2n) is 6.25. The SMILES string of the molecule is Cc1cc(C)cc(OCC(=O)N2CCC(c3nnc(N)o3)CC2)c1. The molecule has 7 heteroatoms. The van der Waals surface area contributed by atoms with Crippen LogP contribution in [0.5, 0.6) is 5.75 Å². The first-order chi connectivity index (χ1) is 11.5. The molecule has 0 atom stereocenters. The molecule has 0 unspecified atom stereocenters. The minimum absolute atomic E-state index is 0.00217. The Morgan fingerprint density at radius 2 is 1.92 bits per heavy atom. The number of carbonyl (C=O) groups is 1. The standard InChI is InChI=1S/C17H22N4O3/c1-11-7-12(2)9-14(8-11)23-10-15(22)21-5-3-13(4-6-21)16-19-20-17(18)24-16/h7-9,13H,3-6,10H2,1-2H3,(H2,18,20). The number of nitrogens with zero attached hydrogens (tertiary/aromatic N) is 3. The summed E-state index contributed by atoms with van der Waals surface area (Å²) in [6.07, 6.45) is 1.58. The molecule has 1 aromatic carbocycles. The Balaban J connectivity index is 1.50. The van der Waals surface area contributed by atoms with E-state index in [9.17, 15) is 4.79 Å². The zero-order valence-electron chi connectivity index (χ0n) is 14.0. The molecule has 128 valence electrons. The van der Waals surface area contributed by atoms with Gasteiger partial charge in [-0.2, -0.15) is 0 Å². The average Bonchev–Trinajstić information content (AvgIpc) is 2.98. The lowest BCUT2D eigenvalue weighted by Gasteiger charge is -2.30. The van der Waals surface area contributed by atoms with Gasteiger partial charge in [0, 0.05) is 19.0 Å². The number of aromatic nitrogens is 2. The summed E-state index contributed by atoms with van der Waals surface area (Å²) in [4.78, 5) is 14.1. The van der Waals surface area contributed by atoms with Gasteiger partial charge in [0.25, 0.3) is 5.91 Å². The highest BCUT2D eigenvalue weighted by Gasteiger charge is 2.27. The molecule has 0 aliphatic carbocycles. The van der Waals surface area contributed by atoms with Crippen molar-refractivity contribution < 1.29 is 13.9 Å². The number of nitrogens with two attached hydrogens (primary N) is 1. The van der Waals surface area contributed by atoms with E-state index in [1.807, 2.05) is 30.9 Å².